The van der Waals surface area contributed by atoms with E-state index in [4.69, 9.17) is 4.74 Å². The van der Waals surface area contributed by atoms with Gasteiger partial charge in [-0.3, -0.25) is 9.59 Å². The first kappa shape index (κ1) is 20.0. The van der Waals surface area contributed by atoms with Gasteiger partial charge in [0.2, 0.25) is 5.91 Å². The lowest BCUT2D eigenvalue weighted by atomic mass is 10.1. The fourth-order valence-electron chi connectivity index (χ4n) is 2.73. The zero-order chi connectivity index (χ0) is 20.5. The molecule has 0 atom stereocenters. The predicted molar refractivity (Wildman–Crippen MR) is 110 cm³/mol. The molecule has 0 aliphatic heterocycles. The molecule has 1 aromatic heterocycles. The minimum Gasteiger partial charge on any atom is -0.497 e. The van der Waals surface area contributed by atoms with Gasteiger partial charge >= 0.3 is 0 Å². The Balaban J connectivity index is 1.40. The summed E-state index contributed by atoms with van der Waals surface area (Å²) in [4.78, 5) is 32.2. The largest absolute Gasteiger partial charge is 0.497 e. The maximum Gasteiger partial charge on any atom is 0.251 e. The van der Waals surface area contributed by atoms with Gasteiger partial charge in [-0.05, 0) is 35.4 Å². The molecule has 7 nitrogen and oxygen atoms in total. The second kappa shape index (κ2) is 9.98. The number of benzene rings is 2. The van der Waals surface area contributed by atoms with Crippen molar-refractivity contribution in [2.75, 3.05) is 20.2 Å². The molecular weight excluding hydrogens is 368 g/mol. The molecule has 3 aromatic rings. The second-order valence-corrected chi connectivity index (χ2v) is 6.34. The predicted octanol–water partition coefficient (Wildman–Crippen LogP) is 2.24. The first-order valence-corrected chi connectivity index (χ1v) is 9.19. The summed E-state index contributed by atoms with van der Waals surface area (Å²) in [6.45, 7) is 0.710. The Hall–Kier alpha value is -3.74. The smallest absolute Gasteiger partial charge is 0.251 e. The van der Waals surface area contributed by atoms with Gasteiger partial charge < -0.3 is 15.4 Å². The molecule has 0 aliphatic carbocycles. The first-order chi connectivity index (χ1) is 14.2. The summed E-state index contributed by atoms with van der Waals surface area (Å²) in [6.07, 6.45) is 5.19. The Bertz CT molecular complexity index is 942. The van der Waals surface area contributed by atoms with Crippen molar-refractivity contribution in [3.05, 3.63) is 78.4 Å². The number of amides is 2. The fourth-order valence-corrected chi connectivity index (χ4v) is 2.73. The molecule has 2 N–H and O–H groups in total. The van der Waals surface area contributed by atoms with E-state index in [1.807, 2.05) is 36.4 Å². The Morgan fingerprint density at radius 1 is 0.862 bits per heavy atom. The quantitative estimate of drug-likeness (QED) is 0.576. The van der Waals surface area contributed by atoms with Crippen LogP contribution in [0.2, 0.25) is 0 Å². The molecule has 148 valence electrons. The Morgan fingerprint density at radius 3 is 2.17 bits per heavy atom. The van der Waals surface area contributed by atoms with E-state index in [1.165, 1.54) is 6.33 Å². The molecule has 7 heteroatoms. The summed E-state index contributed by atoms with van der Waals surface area (Å²) in [7, 11) is 1.60. The van der Waals surface area contributed by atoms with Crippen molar-refractivity contribution in [3.63, 3.8) is 0 Å². The Kier molecular flexibility index (Phi) is 6.89. The van der Waals surface area contributed by atoms with Gasteiger partial charge in [-0.2, -0.15) is 0 Å². The molecule has 0 saturated heterocycles. The van der Waals surface area contributed by atoms with Crippen molar-refractivity contribution in [1.29, 1.82) is 0 Å². The SMILES string of the molecule is COc1ccc(CC(=O)NCCNC(=O)c2ccc(-c3cncnc3)cc2)cc1. The lowest BCUT2D eigenvalue weighted by Crippen LogP contribution is -2.35. The van der Waals surface area contributed by atoms with Crippen molar-refractivity contribution in [3.8, 4) is 16.9 Å². The number of hydrogen-bond acceptors (Lipinski definition) is 5. The number of ether oxygens (including phenoxy) is 1. The highest BCUT2D eigenvalue weighted by atomic mass is 16.5. The highest BCUT2D eigenvalue weighted by molar-refractivity contribution is 5.94. The number of hydrogen-bond donors (Lipinski definition) is 2. The Morgan fingerprint density at radius 2 is 1.52 bits per heavy atom. The van der Waals surface area contributed by atoms with Crippen molar-refractivity contribution in [2.24, 2.45) is 0 Å². The summed E-state index contributed by atoms with van der Waals surface area (Å²) in [6, 6.07) is 14.5. The third-order valence-electron chi connectivity index (χ3n) is 4.30. The van der Waals surface area contributed by atoms with Crippen molar-refractivity contribution in [2.45, 2.75) is 6.42 Å². The van der Waals surface area contributed by atoms with Crippen LogP contribution in [-0.4, -0.2) is 42.0 Å². The van der Waals surface area contributed by atoms with Crippen LogP contribution < -0.4 is 15.4 Å². The van der Waals surface area contributed by atoms with Crippen LogP contribution in [0.3, 0.4) is 0 Å². The van der Waals surface area contributed by atoms with Crippen LogP contribution in [0.1, 0.15) is 15.9 Å². The van der Waals surface area contributed by atoms with Crippen LogP contribution in [0.5, 0.6) is 5.75 Å². The van der Waals surface area contributed by atoms with Gasteiger partial charge in [-0.15, -0.1) is 0 Å². The number of nitrogens with zero attached hydrogens (tertiary/aromatic N) is 2. The number of aromatic nitrogens is 2. The summed E-state index contributed by atoms with van der Waals surface area (Å²) < 4.78 is 5.10. The minimum absolute atomic E-state index is 0.0983. The molecule has 29 heavy (non-hydrogen) atoms. The summed E-state index contributed by atoms with van der Waals surface area (Å²) in [5.74, 6) is 0.464. The monoisotopic (exact) mass is 390 g/mol. The maximum atomic E-state index is 12.2. The molecule has 0 unspecified atom stereocenters. The molecule has 1 heterocycles. The molecule has 0 fully saturated rings. The van der Waals surface area contributed by atoms with Gasteiger partial charge in [-0.1, -0.05) is 24.3 Å². The minimum atomic E-state index is -0.190. The summed E-state index contributed by atoms with van der Waals surface area (Å²) in [5, 5.41) is 5.60. The molecule has 3 rings (SSSR count). The molecule has 0 bridgehead atoms. The van der Waals surface area contributed by atoms with E-state index in [2.05, 4.69) is 20.6 Å². The number of rotatable bonds is 8. The molecule has 0 radical (unpaired) electrons. The van der Waals surface area contributed by atoms with E-state index < -0.39 is 0 Å². The summed E-state index contributed by atoms with van der Waals surface area (Å²) in [5.41, 5.74) is 3.28. The van der Waals surface area contributed by atoms with Gasteiger partial charge in [0.05, 0.1) is 13.5 Å². The van der Waals surface area contributed by atoms with Gasteiger partial charge in [0.25, 0.3) is 5.91 Å². The van der Waals surface area contributed by atoms with Gasteiger partial charge in [0.1, 0.15) is 12.1 Å². The first-order valence-electron chi connectivity index (χ1n) is 9.19. The van der Waals surface area contributed by atoms with E-state index in [0.29, 0.717) is 18.7 Å². The van der Waals surface area contributed by atoms with E-state index in [0.717, 1.165) is 22.4 Å². The molecule has 2 amide bonds. The van der Waals surface area contributed by atoms with Crippen molar-refractivity contribution < 1.29 is 14.3 Å². The van der Waals surface area contributed by atoms with Gasteiger partial charge in [-0.25, -0.2) is 9.97 Å². The van der Waals surface area contributed by atoms with Gasteiger partial charge in [0.15, 0.2) is 0 Å². The van der Waals surface area contributed by atoms with Gasteiger partial charge in [0, 0.05) is 36.6 Å². The fraction of sp³-hybridized carbons (Fsp3) is 0.182. The Labute approximate surface area is 169 Å². The molecule has 0 aliphatic rings. The second-order valence-electron chi connectivity index (χ2n) is 6.34. The third-order valence-corrected chi connectivity index (χ3v) is 4.30. The van der Waals surface area contributed by atoms with E-state index >= 15 is 0 Å². The zero-order valence-electron chi connectivity index (χ0n) is 16.1. The highest BCUT2D eigenvalue weighted by Gasteiger charge is 2.07. The molecular formula is C22H22N4O3. The van der Waals surface area contributed by atoms with Crippen LogP contribution in [0.4, 0.5) is 0 Å². The van der Waals surface area contributed by atoms with Crippen LogP contribution in [0.25, 0.3) is 11.1 Å². The standard InChI is InChI=1S/C22H22N4O3/c1-29-20-8-2-16(3-9-20)12-21(27)25-10-11-26-22(28)18-6-4-17(5-7-18)19-13-23-15-24-14-19/h2-9,13-15H,10-12H2,1H3,(H,25,27)(H,26,28). The van der Waals surface area contributed by atoms with E-state index in [1.54, 1.807) is 31.6 Å². The molecule has 0 spiro atoms. The summed E-state index contributed by atoms with van der Waals surface area (Å²) >= 11 is 0. The maximum absolute atomic E-state index is 12.2. The third kappa shape index (κ3) is 5.87. The van der Waals surface area contributed by atoms with Crippen LogP contribution in [-0.2, 0) is 11.2 Å². The normalized spacial score (nSPS) is 10.2. The lowest BCUT2D eigenvalue weighted by molar-refractivity contribution is -0.120. The topological polar surface area (TPSA) is 93.2 Å². The average Bonchev–Trinajstić information content (AvgIpc) is 2.78. The van der Waals surface area contributed by atoms with Crippen LogP contribution >= 0.6 is 0 Å². The molecule has 2 aromatic carbocycles. The lowest BCUT2D eigenvalue weighted by Gasteiger charge is -2.08. The van der Waals surface area contributed by atoms with Crippen molar-refractivity contribution in [1.82, 2.24) is 20.6 Å². The average molecular weight is 390 g/mol. The highest BCUT2D eigenvalue weighted by Crippen LogP contribution is 2.17. The number of carbonyl (C=O) groups excluding carboxylic acids is 2. The van der Waals surface area contributed by atoms with Crippen LogP contribution in [0.15, 0.2) is 67.3 Å². The van der Waals surface area contributed by atoms with E-state index in [9.17, 15) is 9.59 Å². The number of nitrogens with one attached hydrogen (secondary N) is 2. The van der Waals surface area contributed by atoms with Crippen molar-refractivity contribution >= 4 is 11.8 Å². The van der Waals surface area contributed by atoms with Crippen LogP contribution in [0, 0.1) is 0 Å². The number of carbonyl (C=O) groups is 2. The molecule has 0 saturated carbocycles. The zero-order valence-corrected chi connectivity index (χ0v) is 16.1. The number of methoxy groups -OCH3 is 1. The van der Waals surface area contributed by atoms with E-state index in [-0.39, 0.29) is 18.2 Å².